The van der Waals surface area contributed by atoms with Crippen molar-refractivity contribution in [3.05, 3.63) is 62.9 Å². The van der Waals surface area contributed by atoms with Gasteiger partial charge in [0.1, 0.15) is 23.2 Å². The largest absolute Gasteiger partial charge is 0.457 e. The van der Waals surface area contributed by atoms with Crippen molar-refractivity contribution >= 4 is 41.1 Å². The molecular weight excluding hydrogens is 415 g/mol. The standard InChI is InChI=1S/C21H16Cl2N2O4/c1-11(26)10-25-20(27)15(12(2)16(9-24)21(25)28)8-13-6-7-18(29-13)14-4-3-5-17(22)19(14)23/h3-8,11,26H,10H2,1-2H3. The first-order valence-electron chi connectivity index (χ1n) is 8.66. The fourth-order valence-corrected chi connectivity index (χ4v) is 3.36. The van der Waals surface area contributed by atoms with Gasteiger partial charge in [-0.1, -0.05) is 29.3 Å². The summed E-state index contributed by atoms with van der Waals surface area (Å²) in [6.07, 6.45) is 0.529. The van der Waals surface area contributed by atoms with E-state index in [0.29, 0.717) is 27.1 Å². The van der Waals surface area contributed by atoms with Crippen LogP contribution in [0.2, 0.25) is 10.0 Å². The average Bonchev–Trinajstić information content (AvgIpc) is 3.13. The second-order valence-electron chi connectivity index (χ2n) is 6.54. The van der Waals surface area contributed by atoms with Gasteiger partial charge < -0.3 is 9.52 Å². The minimum absolute atomic E-state index is 0.139. The molecule has 0 fully saturated rings. The van der Waals surface area contributed by atoms with Crippen molar-refractivity contribution in [1.82, 2.24) is 4.90 Å². The van der Waals surface area contributed by atoms with Crippen LogP contribution in [0.5, 0.6) is 0 Å². The molecule has 0 saturated heterocycles. The Morgan fingerprint density at radius 2 is 1.97 bits per heavy atom. The number of benzene rings is 1. The van der Waals surface area contributed by atoms with E-state index >= 15 is 0 Å². The number of nitrogens with zero attached hydrogens (tertiary/aromatic N) is 2. The first-order valence-corrected chi connectivity index (χ1v) is 9.41. The van der Waals surface area contributed by atoms with Crippen molar-refractivity contribution in [2.45, 2.75) is 20.0 Å². The Balaban J connectivity index is 2.05. The number of carbonyl (C=O) groups excluding carboxylic acids is 2. The van der Waals surface area contributed by atoms with Crippen LogP contribution in [0.25, 0.3) is 17.4 Å². The topological polar surface area (TPSA) is 94.5 Å². The van der Waals surface area contributed by atoms with Gasteiger partial charge in [-0.05, 0) is 49.8 Å². The Morgan fingerprint density at radius 3 is 2.62 bits per heavy atom. The Hall–Kier alpha value is -2.85. The van der Waals surface area contributed by atoms with Crippen LogP contribution >= 0.6 is 23.2 Å². The lowest BCUT2D eigenvalue weighted by Crippen LogP contribution is -2.45. The predicted octanol–water partition coefficient (Wildman–Crippen LogP) is 4.23. The van der Waals surface area contributed by atoms with Gasteiger partial charge in [-0.15, -0.1) is 0 Å². The van der Waals surface area contributed by atoms with Gasteiger partial charge in [0.05, 0.1) is 22.7 Å². The van der Waals surface area contributed by atoms with E-state index in [-0.39, 0.29) is 23.3 Å². The SMILES string of the molecule is CC1=C(C#N)C(=O)N(CC(C)O)C(=O)C1=Cc1ccc(-c2cccc(Cl)c2Cl)o1. The van der Waals surface area contributed by atoms with Gasteiger partial charge in [-0.25, -0.2) is 0 Å². The van der Waals surface area contributed by atoms with Crippen molar-refractivity contribution in [1.29, 1.82) is 5.26 Å². The number of hydrogen-bond donors (Lipinski definition) is 1. The lowest BCUT2D eigenvalue weighted by Gasteiger charge is -2.28. The fraction of sp³-hybridized carbons (Fsp3) is 0.190. The molecule has 2 amide bonds. The molecule has 0 aliphatic carbocycles. The van der Waals surface area contributed by atoms with E-state index in [1.807, 2.05) is 6.07 Å². The highest BCUT2D eigenvalue weighted by Gasteiger charge is 2.36. The molecule has 0 spiro atoms. The van der Waals surface area contributed by atoms with Gasteiger partial charge in [0.2, 0.25) is 0 Å². The third-order valence-corrected chi connectivity index (χ3v) is 5.22. The summed E-state index contributed by atoms with van der Waals surface area (Å²) in [4.78, 5) is 26.1. The average molecular weight is 431 g/mol. The molecule has 8 heteroatoms. The highest BCUT2D eigenvalue weighted by molar-refractivity contribution is 6.43. The Labute approximate surface area is 177 Å². The smallest absolute Gasteiger partial charge is 0.271 e. The van der Waals surface area contributed by atoms with Crippen LogP contribution in [0.3, 0.4) is 0 Å². The zero-order chi connectivity index (χ0) is 21.3. The highest BCUT2D eigenvalue weighted by Crippen LogP contribution is 2.35. The summed E-state index contributed by atoms with van der Waals surface area (Å²) in [6.45, 7) is 2.77. The molecule has 1 atom stereocenters. The van der Waals surface area contributed by atoms with Gasteiger partial charge in [0.25, 0.3) is 11.8 Å². The molecule has 6 nitrogen and oxygen atoms in total. The van der Waals surface area contributed by atoms with Crippen molar-refractivity contribution in [2.24, 2.45) is 0 Å². The Morgan fingerprint density at radius 1 is 1.24 bits per heavy atom. The number of β-amino-alcohol motifs (C(OH)–C–C–N with tert-alkyl or cyclic N) is 1. The predicted molar refractivity (Wildman–Crippen MR) is 109 cm³/mol. The molecule has 1 unspecified atom stereocenters. The number of carbonyl (C=O) groups is 2. The van der Waals surface area contributed by atoms with Gasteiger partial charge in [0, 0.05) is 11.1 Å². The summed E-state index contributed by atoms with van der Waals surface area (Å²) < 4.78 is 5.79. The quantitative estimate of drug-likeness (QED) is 0.578. The molecular formula is C21H16Cl2N2O4. The van der Waals surface area contributed by atoms with Gasteiger partial charge in [-0.3, -0.25) is 14.5 Å². The minimum atomic E-state index is -0.928. The summed E-state index contributed by atoms with van der Waals surface area (Å²) in [5.41, 5.74) is 0.832. The van der Waals surface area contributed by atoms with Crippen LogP contribution in [-0.4, -0.2) is 34.5 Å². The summed E-state index contributed by atoms with van der Waals surface area (Å²) in [7, 11) is 0. The number of nitriles is 1. The molecule has 1 aromatic heterocycles. The minimum Gasteiger partial charge on any atom is -0.457 e. The van der Waals surface area contributed by atoms with Gasteiger partial charge in [0.15, 0.2) is 0 Å². The summed E-state index contributed by atoms with van der Waals surface area (Å²) in [6, 6.07) is 10.3. The number of imide groups is 1. The normalized spacial score (nSPS) is 17.1. The van der Waals surface area contributed by atoms with E-state index in [9.17, 15) is 20.0 Å². The number of aliphatic hydroxyl groups excluding tert-OH is 1. The molecule has 0 bridgehead atoms. The maximum Gasteiger partial charge on any atom is 0.271 e. The van der Waals surface area contributed by atoms with Crippen molar-refractivity contribution < 1.29 is 19.1 Å². The lowest BCUT2D eigenvalue weighted by atomic mass is 9.94. The number of furan rings is 1. The zero-order valence-electron chi connectivity index (χ0n) is 15.6. The lowest BCUT2D eigenvalue weighted by molar-refractivity contribution is -0.141. The highest BCUT2D eigenvalue weighted by atomic mass is 35.5. The van der Waals surface area contributed by atoms with Crippen LogP contribution in [0.15, 0.2) is 51.5 Å². The van der Waals surface area contributed by atoms with Crippen molar-refractivity contribution in [3.63, 3.8) is 0 Å². The molecule has 1 aliphatic heterocycles. The number of halogens is 2. The number of rotatable bonds is 4. The van der Waals surface area contributed by atoms with E-state index < -0.39 is 17.9 Å². The van der Waals surface area contributed by atoms with E-state index in [1.165, 1.54) is 19.9 Å². The third-order valence-electron chi connectivity index (χ3n) is 4.40. The third kappa shape index (κ3) is 3.99. The van der Waals surface area contributed by atoms with Crippen molar-refractivity contribution in [3.8, 4) is 17.4 Å². The molecule has 0 saturated carbocycles. The van der Waals surface area contributed by atoms with E-state index in [0.717, 1.165) is 4.90 Å². The molecule has 1 aromatic carbocycles. The van der Waals surface area contributed by atoms with Crippen molar-refractivity contribution in [2.75, 3.05) is 6.54 Å². The fourth-order valence-electron chi connectivity index (χ4n) is 2.97. The van der Waals surface area contributed by atoms with E-state index in [4.69, 9.17) is 27.6 Å². The van der Waals surface area contributed by atoms with E-state index in [2.05, 4.69) is 0 Å². The summed E-state index contributed by atoms with van der Waals surface area (Å²) >= 11 is 12.3. The van der Waals surface area contributed by atoms with Crippen LogP contribution < -0.4 is 0 Å². The van der Waals surface area contributed by atoms with Gasteiger partial charge in [-0.2, -0.15) is 5.26 Å². The molecule has 29 heavy (non-hydrogen) atoms. The maximum atomic E-state index is 12.8. The maximum absolute atomic E-state index is 12.8. The number of amides is 2. The number of hydrogen-bond acceptors (Lipinski definition) is 5. The molecule has 148 valence electrons. The molecule has 2 heterocycles. The summed E-state index contributed by atoms with van der Waals surface area (Å²) in [5.74, 6) is -0.543. The number of aliphatic hydroxyl groups is 1. The first-order chi connectivity index (χ1) is 13.7. The zero-order valence-corrected chi connectivity index (χ0v) is 17.1. The van der Waals surface area contributed by atoms with Gasteiger partial charge >= 0.3 is 0 Å². The first kappa shape index (κ1) is 20.9. The molecule has 1 aliphatic rings. The van der Waals surface area contributed by atoms with E-state index in [1.54, 1.807) is 30.3 Å². The molecule has 1 N–H and O–H groups in total. The molecule has 2 aromatic rings. The summed E-state index contributed by atoms with van der Waals surface area (Å²) in [5, 5.41) is 19.7. The van der Waals surface area contributed by atoms with Crippen LogP contribution in [-0.2, 0) is 9.59 Å². The molecule has 0 radical (unpaired) electrons. The van der Waals surface area contributed by atoms with Crippen LogP contribution in [0, 0.1) is 11.3 Å². The van der Waals surface area contributed by atoms with Crippen LogP contribution in [0.1, 0.15) is 19.6 Å². The Bertz CT molecular complexity index is 1110. The Kier molecular flexibility index (Phi) is 5.94. The van der Waals surface area contributed by atoms with Crippen LogP contribution in [0.4, 0.5) is 0 Å². The molecule has 3 rings (SSSR count). The second kappa shape index (κ2) is 8.26. The second-order valence-corrected chi connectivity index (χ2v) is 7.33. The monoisotopic (exact) mass is 430 g/mol.